The SMILES string of the molecule is C=[N+](C)CCCCCCC1(CCCCCC)c2cc(C(C)(C)C)ccc2-c2ccc(C(C)(C)C)cc21. The molecule has 0 N–H and O–H groups in total. The maximum absolute atomic E-state index is 4.02. The third-order valence-corrected chi connectivity index (χ3v) is 8.44. The van der Waals surface area contributed by atoms with Gasteiger partial charge >= 0.3 is 0 Å². The molecule has 0 fully saturated rings. The molecule has 2 aromatic carbocycles. The topological polar surface area (TPSA) is 3.01 Å². The second-order valence-corrected chi connectivity index (χ2v) is 13.7. The van der Waals surface area contributed by atoms with E-state index in [1.54, 1.807) is 11.1 Å². The summed E-state index contributed by atoms with van der Waals surface area (Å²) in [7, 11) is 2.08. The molecule has 0 saturated heterocycles. The average Bonchev–Trinajstić information content (AvgIpc) is 3.07. The highest BCUT2D eigenvalue weighted by Gasteiger charge is 2.43. The minimum absolute atomic E-state index is 0.143. The Morgan fingerprint density at radius 3 is 1.53 bits per heavy atom. The molecule has 36 heavy (non-hydrogen) atoms. The van der Waals surface area contributed by atoms with Crippen molar-refractivity contribution in [3.8, 4) is 11.1 Å². The van der Waals surface area contributed by atoms with E-state index in [9.17, 15) is 0 Å². The van der Waals surface area contributed by atoms with Gasteiger partial charge in [-0.2, -0.15) is 0 Å². The first kappa shape index (κ1) is 28.7. The molecule has 198 valence electrons. The van der Waals surface area contributed by atoms with Crippen molar-refractivity contribution in [3.05, 3.63) is 58.7 Å². The van der Waals surface area contributed by atoms with Crippen LogP contribution >= 0.6 is 0 Å². The number of hydrogen-bond donors (Lipinski definition) is 0. The summed E-state index contributed by atoms with van der Waals surface area (Å²) in [6.07, 6.45) is 13.0. The number of rotatable bonds is 12. The van der Waals surface area contributed by atoms with E-state index in [1.807, 2.05) is 0 Å². The van der Waals surface area contributed by atoms with Crippen LogP contribution in [0, 0.1) is 0 Å². The molecule has 0 amide bonds. The van der Waals surface area contributed by atoms with Crippen LogP contribution in [0.4, 0.5) is 0 Å². The minimum atomic E-state index is 0.143. The molecule has 0 aliphatic heterocycles. The van der Waals surface area contributed by atoms with E-state index < -0.39 is 0 Å². The Kier molecular flexibility index (Phi) is 9.29. The highest BCUT2D eigenvalue weighted by Crippen LogP contribution is 2.55. The number of benzene rings is 2. The number of unbranched alkanes of at least 4 members (excludes halogenated alkanes) is 6. The second-order valence-electron chi connectivity index (χ2n) is 13.7. The minimum Gasteiger partial charge on any atom is -0.245 e. The first-order valence-electron chi connectivity index (χ1n) is 14.7. The largest absolute Gasteiger partial charge is 0.245 e. The highest BCUT2D eigenvalue weighted by atomic mass is 14.9. The fourth-order valence-corrected chi connectivity index (χ4v) is 6.11. The Hall–Kier alpha value is -1.89. The number of fused-ring (bicyclic) bond motifs is 3. The van der Waals surface area contributed by atoms with Gasteiger partial charge in [0.25, 0.3) is 0 Å². The van der Waals surface area contributed by atoms with Crippen LogP contribution in [0.3, 0.4) is 0 Å². The molecule has 0 saturated carbocycles. The predicted octanol–water partition coefficient (Wildman–Crippen LogP) is 9.81. The van der Waals surface area contributed by atoms with Gasteiger partial charge in [-0.3, -0.25) is 0 Å². The smallest absolute Gasteiger partial charge is 0.142 e. The van der Waals surface area contributed by atoms with Gasteiger partial charge < -0.3 is 0 Å². The average molecular weight is 489 g/mol. The summed E-state index contributed by atoms with van der Waals surface area (Å²) in [5, 5.41) is 0. The van der Waals surface area contributed by atoms with E-state index in [4.69, 9.17) is 0 Å². The zero-order valence-electron chi connectivity index (χ0n) is 24.9. The monoisotopic (exact) mass is 488 g/mol. The van der Waals surface area contributed by atoms with Crippen molar-refractivity contribution in [2.75, 3.05) is 13.6 Å². The van der Waals surface area contributed by atoms with Crippen LogP contribution in [0.5, 0.6) is 0 Å². The Balaban J connectivity index is 2.07. The fraction of sp³-hybridized carbons (Fsp3) is 0.629. The molecule has 1 nitrogen and oxygen atoms in total. The van der Waals surface area contributed by atoms with E-state index in [1.165, 1.54) is 86.5 Å². The molecule has 1 aliphatic carbocycles. The lowest BCUT2D eigenvalue weighted by molar-refractivity contribution is -0.488. The molecule has 1 heteroatoms. The predicted molar refractivity (Wildman–Crippen MR) is 160 cm³/mol. The van der Waals surface area contributed by atoms with Gasteiger partial charge in [-0.15, -0.1) is 0 Å². The van der Waals surface area contributed by atoms with E-state index in [0.717, 1.165) is 6.54 Å². The van der Waals surface area contributed by atoms with Crippen molar-refractivity contribution >= 4 is 6.72 Å². The van der Waals surface area contributed by atoms with Crippen molar-refractivity contribution in [1.82, 2.24) is 0 Å². The van der Waals surface area contributed by atoms with Crippen LogP contribution in [0.1, 0.15) is 135 Å². The van der Waals surface area contributed by atoms with Crippen molar-refractivity contribution in [1.29, 1.82) is 0 Å². The molecule has 0 unspecified atom stereocenters. The lowest BCUT2D eigenvalue weighted by atomic mass is 9.69. The van der Waals surface area contributed by atoms with E-state index >= 15 is 0 Å². The Morgan fingerprint density at radius 2 is 1.11 bits per heavy atom. The van der Waals surface area contributed by atoms with Crippen LogP contribution in [0.25, 0.3) is 11.1 Å². The maximum atomic E-state index is 4.02. The molecule has 0 bridgehead atoms. The standard InChI is InChI=1S/C35H54N/c1-10-11-12-15-22-35(23-16-13-14-17-24-36(8)9)31-25-27(33(2,3)4)18-20-29(31)30-21-19-28(26-32(30)35)34(5,6)7/h18-21,25-26H,8,10-17,22-24H2,1-7,9H3/q+1. The van der Waals surface area contributed by atoms with E-state index in [2.05, 4.69) is 103 Å². The molecule has 0 radical (unpaired) electrons. The zero-order chi connectivity index (χ0) is 26.6. The molecule has 0 spiro atoms. The molecular weight excluding hydrogens is 434 g/mol. The molecule has 2 aromatic rings. The summed E-state index contributed by atoms with van der Waals surface area (Å²) in [5.74, 6) is 0. The fourth-order valence-electron chi connectivity index (χ4n) is 6.11. The van der Waals surface area contributed by atoms with E-state index in [-0.39, 0.29) is 16.2 Å². The van der Waals surface area contributed by atoms with Crippen LogP contribution in [0.15, 0.2) is 36.4 Å². The molecule has 1 aliphatic rings. The quantitative estimate of drug-likeness (QED) is 0.159. The van der Waals surface area contributed by atoms with Crippen molar-refractivity contribution in [3.63, 3.8) is 0 Å². The van der Waals surface area contributed by atoms with Crippen LogP contribution < -0.4 is 0 Å². The lowest BCUT2D eigenvalue weighted by Crippen LogP contribution is -2.27. The van der Waals surface area contributed by atoms with Gasteiger partial charge in [0.05, 0.1) is 0 Å². The molecule has 3 rings (SSSR count). The first-order valence-corrected chi connectivity index (χ1v) is 14.7. The zero-order valence-corrected chi connectivity index (χ0v) is 24.9. The summed E-state index contributed by atoms with van der Waals surface area (Å²) in [4.78, 5) is 0. The lowest BCUT2D eigenvalue weighted by Gasteiger charge is -2.35. The van der Waals surface area contributed by atoms with Crippen molar-refractivity contribution in [2.45, 2.75) is 129 Å². The van der Waals surface area contributed by atoms with Gasteiger partial charge in [0.15, 0.2) is 0 Å². The van der Waals surface area contributed by atoms with Gasteiger partial charge in [0.1, 0.15) is 20.3 Å². The van der Waals surface area contributed by atoms with Crippen LogP contribution in [-0.2, 0) is 16.2 Å². The Labute approximate surface area is 223 Å². The highest BCUT2D eigenvalue weighted by molar-refractivity contribution is 5.82. The summed E-state index contributed by atoms with van der Waals surface area (Å²) < 4.78 is 2.07. The summed E-state index contributed by atoms with van der Waals surface area (Å²) in [5.41, 5.74) is 9.63. The third-order valence-electron chi connectivity index (χ3n) is 8.44. The molecule has 0 heterocycles. The maximum Gasteiger partial charge on any atom is 0.142 e. The molecule has 0 aromatic heterocycles. The van der Waals surface area contributed by atoms with Crippen LogP contribution in [-0.4, -0.2) is 24.9 Å². The van der Waals surface area contributed by atoms with Gasteiger partial charge in [-0.05, 0) is 63.5 Å². The van der Waals surface area contributed by atoms with E-state index in [0.29, 0.717) is 0 Å². The van der Waals surface area contributed by atoms with Gasteiger partial charge in [0.2, 0.25) is 0 Å². The number of nitrogens with zero attached hydrogens (tertiary/aromatic N) is 1. The summed E-state index contributed by atoms with van der Waals surface area (Å²) in [6, 6.07) is 14.9. The van der Waals surface area contributed by atoms with Gasteiger partial charge in [-0.25, -0.2) is 4.58 Å². The van der Waals surface area contributed by atoms with Gasteiger partial charge in [-0.1, -0.05) is 123 Å². The normalized spacial score (nSPS) is 14.6. The molecular formula is C35H54N+. The van der Waals surface area contributed by atoms with Crippen molar-refractivity contribution < 1.29 is 4.58 Å². The van der Waals surface area contributed by atoms with Crippen LogP contribution in [0.2, 0.25) is 0 Å². The Morgan fingerprint density at radius 1 is 0.667 bits per heavy atom. The summed E-state index contributed by atoms with van der Waals surface area (Å²) >= 11 is 0. The summed E-state index contributed by atoms with van der Waals surface area (Å²) in [6.45, 7) is 21.6. The number of hydrogen-bond acceptors (Lipinski definition) is 0. The first-order chi connectivity index (χ1) is 16.9. The Bertz CT molecular complexity index is 964. The molecule has 0 atom stereocenters. The second kappa shape index (κ2) is 11.7. The third kappa shape index (κ3) is 6.51. The van der Waals surface area contributed by atoms with Gasteiger partial charge in [0, 0.05) is 11.8 Å². The van der Waals surface area contributed by atoms with Crippen molar-refractivity contribution in [2.24, 2.45) is 0 Å².